The number of halogens is 1. The molecule has 0 saturated heterocycles. The molecule has 0 aliphatic heterocycles. The van der Waals surface area contributed by atoms with Gasteiger partial charge in [-0.25, -0.2) is 13.1 Å². The largest absolute Gasteiger partial charge is 0.392 e. The van der Waals surface area contributed by atoms with E-state index in [1.807, 2.05) is 6.92 Å². The quantitative estimate of drug-likeness (QED) is 0.840. The van der Waals surface area contributed by atoms with Crippen LogP contribution in [0.4, 0.5) is 0 Å². The van der Waals surface area contributed by atoms with Gasteiger partial charge in [-0.15, -0.1) is 0 Å². The first kappa shape index (κ1) is 14.6. The fourth-order valence-electron chi connectivity index (χ4n) is 1.34. The van der Waals surface area contributed by atoms with E-state index in [1.54, 1.807) is 12.1 Å². The Morgan fingerprint density at radius 1 is 1.35 bits per heavy atom. The lowest BCUT2D eigenvalue weighted by Crippen LogP contribution is -2.32. The Balaban J connectivity index is 2.66. The zero-order valence-electron chi connectivity index (χ0n) is 9.56. The predicted molar refractivity (Wildman–Crippen MR) is 70.2 cm³/mol. The first-order valence-corrected chi connectivity index (χ1v) is 7.66. The monoisotopic (exact) mass is 321 g/mol. The normalized spacial score (nSPS) is 13.6. The Hall–Kier alpha value is -0.430. The molecule has 1 atom stereocenters. The predicted octanol–water partition coefficient (Wildman–Crippen LogP) is 1.89. The molecule has 0 aliphatic carbocycles. The standard InChI is InChI=1S/C11H16BrNO3S/c1-2-3-10(14)8-13-17(15,16)11-6-4-9(12)5-7-11/h4-7,10,13-14H,2-3,8H2,1H3. The molecule has 0 aliphatic rings. The minimum absolute atomic E-state index is 0.0479. The third-order valence-corrected chi connectivity index (χ3v) is 4.22. The molecule has 0 heterocycles. The molecule has 1 rings (SSSR count). The highest BCUT2D eigenvalue weighted by Gasteiger charge is 2.15. The molecular formula is C11H16BrNO3S. The lowest BCUT2D eigenvalue weighted by Gasteiger charge is -2.11. The molecule has 6 heteroatoms. The van der Waals surface area contributed by atoms with Crippen molar-refractivity contribution < 1.29 is 13.5 Å². The molecule has 2 N–H and O–H groups in total. The van der Waals surface area contributed by atoms with Crippen LogP contribution >= 0.6 is 15.9 Å². The highest BCUT2D eigenvalue weighted by Crippen LogP contribution is 2.14. The molecule has 0 fully saturated rings. The van der Waals surface area contributed by atoms with E-state index < -0.39 is 16.1 Å². The van der Waals surface area contributed by atoms with Crippen molar-refractivity contribution in [3.8, 4) is 0 Å². The molecule has 1 aromatic rings. The van der Waals surface area contributed by atoms with Gasteiger partial charge in [0.05, 0.1) is 11.0 Å². The third-order valence-electron chi connectivity index (χ3n) is 2.25. The maximum atomic E-state index is 11.8. The average molecular weight is 322 g/mol. The summed E-state index contributed by atoms with van der Waals surface area (Å²) in [5, 5.41) is 9.47. The summed E-state index contributed by atoms with van der Waals surface area (Å²) in [6.45, 7) is 1.98. The minimum Gasteiger partial charge on any atom is -0.392 e. The molecule has 96 valence electrons. The van der Waals surface area contributed by atoms with E-state index in [0.717, 1.165) is 10.9 Å². The molecule has 0 amide bonds. The first-order valence-electron chi connectivity index (χ1n) is 5.39. The van der Waals surface area contributed by atoms with Gasteiger partial charge in [0.15, 0.2) is 0 Å². The van der Waals surface area contributed by atoms with Crippen LogP contribution < -0.4 is 4.72 Å². The Labute approximate surface area is 110 Å². The maximum absolute atomic E-state index is 11.8. The Bertz CT molecular complexity index is 444. The SMILES string of the molecule is CCCC(O)CNS(=O)(=O)c1ccc(Br)cc1. The van der Waals surface area contributed by atoms with Crippen LogP contribution in [0.1, 0.15) is 19.8 Å². The highest BCUT2D eigenvalue weighted by atomic mass is 79.9. The summed E-state index contributed by atoms with van der Waals surface area (Å²) in [6.07, 6.45) is 0.773. The van der Waals surface area contributed by atoms with Crippen LogP contribution in [0.25, 0.3) is 0 Å². The second-order valence-corrected chi connectivity index (χ2v) is 6.43. The Morgan fingerprint density at radius 2 is 1.94 bits per heavy atom. The molecule has 0 spiro atoms. The average Bonchev–Trinajstić information content (AvgIpc) is 2.28. The van der Waals surface area contributed by atoms with Crippen molar-refractivity contribution in [3.05, 3.63) is 28.7 Å². The lowest BCUT2D eigenvalue weighted by atomic mass is 10.2. The van der Waals surface area contributed by atoms with Crippen molar-refractivity contribution in [3.63, 3.8) is 0 Å². The summed E-state index contributed by atoms with van der Waals surface area (Å²) >= 11 is 3.24. The number of hydrogen-bond donors (Lipinski definition) is 2. The van der Waals surface area contributed by atoms with Crippen LogP contribution in [0.2, 0.25) is 0 Å². The van der Waals surface area contributed by atoms with Crippen molar-refractivity contribution in [2.24, 2.45) is 0 Å². The van der Waals surface area contributed by atoms with Gasteiger partial charge in [-0.2, -0.15) is 0 Å². The van der Waals surface area contributed by atoms with E-state index in [9.17, 15) is 13.5 Å². The molecular weight excluding hydrogens is 306 g/mol. The van der Waals surface area contributed by atoms with Crippen molar-refractivity contribution in [2.75, 3.05) is 6.54 Å². The number of hydrogen-bond acceptors (Lipinski definition) is 3. The molecule has 4 nitrogen and oxygen atoms in total. The lowest BCUT2D eigenvalue weighted by molar-refractivity contribution is 0.167. The second kappa shape index (κ2) is 6.49. The van der Waals surface area contributed by atoms with Crippen molar-refractivity contribution in [1.82, 2.24) is 4.72 Å². The van der Waals surface area contributed by atoms with Gasteiger partial charge in [-0.05, 0) is 30.7 Å². The Kier molecular flexibility index (Phi) is 5.58. The Morgan fingerprint density at radius 3 is 2.47 bits per heavy atom. The van der Waals surface area contributed by atoms with Crippen LogP contribution in [0, 0.1) is 0 Å². The number of sulfonamides is 1. The van der Waals surface area contributed by atoms with Gasteiger partial charge < -0.3 is 5.11 Å². The molecule has 0 saturated carbocycles. The molecule has 1 unspecified atom stereocenters. The molecule has 0 radical (unpaired) electrons. The maximum Gasteiger partial charge on any atom is 0.240 e. The molecule has 0 aromatic heterocycles. The zero-order valence-corrected chi connectivity index (χ0v) is 12.0. The van der Waals surface area contributed by atoms with Crippen LogP contribution in [0.5, 0.6) is 0 Å². The van der Waals surface area contributed by atoms with Crippen LogP contribution in [0.3, 0.4) is 0 Å². The van der Waals surface area contributed by atoms with Crippen LogP contribution in [-0.2, 0) is 10.0 Å². The van der Waals surface area contributed by atoms with Gasteiger partial charge in [0.25, 0.3) is 0 Å². The van der Waals surface area contributed by atoms with E-state index in [1.165, 1.54) is 12.1 Å². The topological polar surface area (TPSA) is 66.4 Å². The zero-order chi connectivity index (χ0) is 12.9. The van der Waals surface area contributed by atoms with Crippen LogP contribution in [0.15, 0.2) is 33.6 Å². The van der Waals surface area contributed by atoms with Crippen molar-refractivity contribution >= 4 is 26.0 Å². The summed E-state index contributed by atoms with van der Waals surface area (Å²) < 4.78 is 26.8. The summed E-state index contributed by atoms with van der Waals surface area (Å²) in [4.78, 5) is 0.199. The van der Waals surface area contributed by atoms with Gasteiger partial charge in [0.1, 0.15) is 0 Å². The van der Waals surface area contributed by atoms with E-state index in [0.29, 0.717) is 6.42 Å². The first-order chi connectivity index (χ1) is 7.95. The fraction of sp³-hybridized carbons (Fsp3) is 0.455. The molecule has 1 aromatic carbocycles. The van der Waals surface area contributed by atoms with E-state index in [2.05, 4.69) is 20.7 Å². The number of aliphatic hydroxyl groups excluding tert-OH is 1. The van der Waals surface area contributed by atoms with Gasteiger partial charge in [-0.3, -0.25) is 0 Å². The summed E-state index contributed by atoms with van der Waals surface area (Å²) in [6, 6.07) is 6.35. The summed E-state index contributed by atoms with van der Waals surface area (Å²) in [5.74, 6) is 0. The van der Waals surface area contributed by atoms with Crippen LogP contribution in [-0.4, -0.2) is 26.2 Å². The van der Waals surface area contributed by atoms with Gasteiger partial charge in [0, 0.05) is 11.0 Å². The number of nitrogens with one attached hydrogen (secondary N) is 1. The summed E-state index contributed by atoms with van der Waals surface area (Å²) in [7, 11) is -3.52. The van der Waals surface area contributed by atoms with E-state index in [4.69, 9.17) is 0 Å². The fourth-order valence-corrected chi connectivity index (χ4v) is 2.68. The van der Waals surface area contributed by atoms with E-state index in [-0.39, 0.29) is 11.4 Å². The molecule has 17 heavy (non-hydrogen) atoms. The van der Waals surface area contributed by atoms with Gasteiger partial charge in [-0.1, -0.05) is 29.3 Å². The second-order valence-electron chi connectivity index (χ2n) is 3.75. The van der Waals surface area contributed by atoms with Crippen molar-refractivity contribution in [1.29, 1.82) is 0 Å². The van der Waals surface area contributed by atoms with Crippen molar-refractivity contribution in [2.45, 2.75) is 30.8 Å². The number of benzene rings is 1. The molecule has 0 bridgehead atoms. The van der Waals surface area contributed by atoms with Gasteiger partial charge in [0.2, 0.25) is 10.0 Å². The smallest absolute Gasteiger partial charge is 0.240 e. The highest BCUT2D eigenvalue weighted by molar-refractivity contribution is 9.10. The minimum atomic E-state index is -3.52. The number of aliphatic hydroxyl groups is 1. The van der Waals surface area contributed by atoms with Gasteiger partial charge >= 0.3 is 0 Å². The summed E-state index contributed by atoms with van der Waals surface area (Å²) in [5.41, 5.74) is 0. The van der Waals surface area contributed by atoms with E-state index >= 15 is 0 Å². The number of rotatable bonds is 6. The third kappa shape index (κ3) is 4.75.